The Morgan fingerprint density at radius 1 is 1.12 bits per heavy atom. The van der Waals surface area contributed by atoms with Gasteiger partial charge < -0.3 is 10.2 Å². The van der Waals surface area contributed by atoms with Gasteiger partial charge in [-0.2, -0.15) is 13.2 Å². The lowest BCUT2D eigenvalue weighted by atomic mass is 10.0. The van der Waals surface area contributed by atoms with Gasteiger partial charge in [-0.25, -0.2) is 0 Å². The fourth-order valence-electron chi connectivity index (χ4n) is 2.70. The molecule has 2 aromatic rings. The fourth-order valence-corrected chi connectivity index (χ4v) is 3.13. The lowest BCUT2D eigenvalue weighted by Crippen LogP contribution is -2.42. The molecule has 0 aliphatic carbocycles. The highest BCUT2D eigenvalue weighted by molar-refractivity contribution is 7.80. The minimum atomic E-state index is -4.33. The van der Waals surface area contributed by atoms with Gasteiger partial charge in [-0.15, -0.1) is 0 Å². The first-order valence-electron chi connectivity index (χ1n) is 8.10. The van der Waals surface area contributed by atoms with Crippen molar-refractivity contribution in [2.45, 2.75) is 32.5 Å². The van der Waals surface area contributed by atoms with Crippen LogP contribution in [0.2, 0.25) is 0 Å². The van der Waals surface area contributed by atoms with Gasteiger partial charge in [0.15, 0.2) is 5.11 Å². The molecule has 2 rings (SSSR count). The van der Waals surface area contributed by atoms with Gasteiger partial charge in [0.25, 0.3) is 0 Å². The Kier molecular flexibility index (Phi) is 6.42. The molecule has 1 atom stereocenters. The van der Waals surface area contributed by atoms with Crippen LogP contribution in [0.15, 0.2) is 54.6 Å². The number of thiocarbonyl (C=S) groups is 1. The standard InChI is InChI=1S/C19H21F3N2S/c1-3-24(18(25)23-17-10-5-4-6-11-17)14(2)12-15-8-7-9-16(13-15)19(20,21)22/h4-11,13-14H,3,12H2,1-2H3,(H,23,25). The van der Waals surface area contributed by atoms with Gasteiger partial charge in [0.05, 0.1) is 5.56 Å². The van der Waals surface area contributed by atoms with Crippen molar-refractivity contribution in [2.75, 3.05) is 11.9 Å². The Hall–Kier alpha value is -2.08. The topological polar surface area (TPSA) is 15.3 Å². The summed E-state index contributed by atoms with van der Waals surface area (Å²) in [5, 5.41) is 3.74. The summed E-state index contributed by atoms with van der Waals surface area (Å²) < 4.78 is 38.6. The number of alkyl halides is 3. The Bertz CT molecular complexity index is 701. The maximum Gasteiger partial charge on any atom is 0.416 e. The Labute approximate surface area is 151 Å². The molecule has 134 valence electrons. The predicted molar refractivity (Wildman–Crippen MR) is 99.7 cm³/mol. The molecular formula is C19H21F3N2S. The van der Waals surface area contributed by atoms with Gasteiger partial charge >= 0.3 is 6.18 Å². The van der Waals surface area contributed by atoms with E-state index in [0.717, 1.165) is 11.8 Å². The Morgan fingerprint density at radius 3 is 2.40 bits per heavy atom. The minimum Gasteiger partial charge on any atom is -0.346 e. The molecule has 0 aromatic heterocycles. The smallest absolute Gasteiger partial charge is 0.346 e. The van der Waals surface area contributed by atoms with Crippen LogP contribution in [0.25, 0.3) is 0 Å². The van der Waals surface area contributed by atoms with Crippen molar-refractivity contribution in [3.63, 3.8) is 0 Å². The van der Waals surface area contributed by atoms with E-state index in [4.69, 9.17) is 12.2 Å². The zero-order valence-corrected chi connectivity index (χ0v) is 15.0. The second-order valence-electron chi connectivity index (χ2n) is 5.83. The summed E-state index contributed by atoms with van der Waals surface area (Å²) in [5.41, 5.74) is 0.908. The SMILES string of the molecule is CCN(C(=S)Nc1ccccc1)C(C)Cc1cccc(C(F)(F)F)c1. The van der Waals surface area contributed by atoms with Crippen LogP contribution < -0.4 is 5.32 Å². The predicted octanol–water partition coefficient (Wildman–Crippen LogP) is 5.36. The van der Waals surface area contributed by atoms with E-state index in [9.17, 15) is 13.2 Å². The molecule has 2 aromatic carbocycles. The molecule has 1 N–H and O–H groups in total. The molecule has 1 unspecified atom stereocenters. The van der Waals surface area contributed by atoms with Crippen molar-refractivity contribution in [1.29, 1.82) is 0 Å². The molecule has 0 heterocycles. The molecule has 0 aliphatic rings. The highest BCUT2D eigenvalue weighted by Crippen LogP contribution is 2.30. The normalized spacial score (nSPS) is 12.5. The maximum atomic E-state index is 12.9. The first kappa shape index (κ1) is 19.2. The van der Waals surface area contributed by atoms with Gasteiger partial charge in [-0.05, 0) is 56.2 Å². The van der Waals surface area contributed by atoms with Gasteiger partial charge in [0.2, 0.25) is 0 Å². The second kappa shape index (κ2) is 8.34. The summed E-state index contributed by atoms with van der Waals surface area (Å²) in [6.45, 7) is 4.60. The Morgan fingerprint density at radius 2 is 1.80 bits per heavy atom. The summed E-state index contributed by atoms with van der Waals surface area (Å²) in [6, 6.07) is 15.0. The molecule has 0 radical (unpaired) electrons. The molecule has 0 amide bonds. The van der Waals surface area contributed by atoms with Crippen LogP contribution in [0, 0.1) is 0 Å². The van der Waals surface area contributed by atoms with Crippen LogP contribution >= 0.6 is 12.2 Å². The van der Waals surface area contributed by atoms with Gasteiger partial charge in [-0.1, -0.05) is 36.4 Å². The molecule has 0 aliphatic heterocycles. The van der Waals surface area contributed by atoms with E-state index >= 15 is 0 Å². The quantitative estimate of drug-likeness (QED) is 0.718. The highest BCUT2D eigenvalue weighted by atomic mass is 32.1. The number of nitrogens with zero attached hydrogens (tertiary/aromatic N) is 1. The fraction of sp³-hybridized carbons (Fsp3) is 0.316. The number of hydrogen-bond acceptors (Lipinski definition) is 1. The lowest BCUT2D eigenvalue weighted by molar-refractivity contribution is -0.137. The zero-order valence-electron chi connectivity index (χ0n) is 14.2. The van der Waals surface area contributed by atoms with Crippen molar-refractivity contribution in [2.24, 2.45) is 0 Å². The number of para-hydroxylation sites is 1. The van der Waals surface area contributed by atoms with Crippen molar-refractivity contribution in [1.82, 2.24) is 4.90 Å². The van der Waals surface area contributed by atoms with Crippen molar-refractivity contribution in [3.8, 4) is 0 Å². The highest BCUT2D eigenvalue weighted by Gasteiger charge is 2.30. The molecule has 0 bridgehead atoms. The van der Waals surface area contributed by atoms with Gasteiger partial charge in [0.1, 0.15) is 0 Å². The number of hydrogen-bond donors (Lipinski definition) is 1. The summed E-state index contributed by atoms with van der Waals surface area (Å²) in [7, 11) is 0. The number of halogens is 3. The van der Waals surface area contributed by atoms with E-state index in [1.807, 2.05) is 49.1 Å². The van der Waals surface area contributed by atoms with Crippen LogP contribution in [-0.4, -0.2) is 22.6 Å². The van der Waals surface area contributed by atoms with Crippen LogP contribution in [0.3, 0.4) is 0 Å². The van der Waals surface area contributed by atoms with Crippen molar-refractivity contribution >= 4 is 23.0 Å². The molecule has 0 saturated heterocycles. The van der Waals surface area contributed by atoms with Crippen LogP contribution in [-0.2, 0) is 12.6 Å². The average molecular weight is 366 g/mol. The third-order valence-corrected chi connectivity index (χ3v) is 4.28. The van der Waals surface area contributed by atoms with E-state index < -0.39 is 11.7 Å². The number of rotatable bonds is 5. The largest absolute Gasteiger partial charge is 0.416 e. The molecule has 6 heteroatoms. The van der Waals surface area contributed by atoms with E-state index in [1.165, 1.54) is 12.1 Å². The molecular weight excluding hydrogens is 345 g/mol. The third kappa shape index (κ3) is 5.46. The molecule has 25 heavy (non-hydrogen) atoms. The first-order chi connectivity index (χ1) is 11.8. The third-order valence-electron chi connectivity index (χ3n) is 3.94. The molecule has 0 saturated carbocycles. The van der Waals surface area contributed by atoms with E-state index in [-0.39, 0.29) is 6.04 Å². The number of likely N-dealkylation sites (N-methyl/N-ethyl adjacent to an activating group) is 1. The monoisotopic (exact) mass is 366 g/mol. The first-order valence-corrected chi connectivity index (χ1v) is 8.51. The van der Waals surface area contributed by atoms with Crippen molar-refractivity contribution < 1.29 is 13.2 Å². The average Bonchev–Trinajstić information content (AvgIpc) is 2.56. The van der Waals surface area contributed by atoms with Crippen LogP contribution in [0.5, 0.6) is 0 Å². The van der Waals surface area contributed by atoms with Crippen molar-refractivity contribution in [3.05, 3.63) is 65.7 Å². The lowest BCUT2D eigenvalue weighted by Gasteiger charge is -2.31. The number of nitrogens with one attached hydrogen (secondary N) is 1. The molecule has 0 fully saturated rings. The number of anilines is 1. The zero-order chi connectivity index (χ0) is 18.4. The molecule has 2 nitrogen and oxygen atoms in total. The van der Waals surface area contributed by atoms with E-state index in [2.05, 4.69) is 5.32 Å². The van der Waals surface area contributed by atoms with Gasteiger partial charge in [-0.3, -0.25) is 0 Å². The summed E-state index contributed by atoms with van der Waals surface area (Å²) in [5.74, 6) is 0. The maximum absolute atomic E-state index is 12.9. The molecule has 0 spiro atoms. The van der Waals surface area contributed by atoms with E-state index in [0.29, 0.717) is 23.6 Å². The summed E-state index contributed by atoms with van der Waals surface area (Å²) in [4.78, 5) is 1.97. The van der Waals surface area contributed by atoms with Crippen LogP contribution in [0.1, 0.15) is 25.0 Å². The Balaban J connectivity index is 2.07. The summed E-state index contributed by atoms with van der Waals surface area (Å²) >= 11 is 5.47. The second-order valence-corrected chi connectivity index (χ2v) is 6.22. The van der Waals surface area contributed by atoms with Crippen LogP contribution in [0.4, 0.5) is 18.9 Å². The summed E-state index contributed by atoms with van der Waals surface area (Å²) in [6.07, 6.45) is -3.85. The minimum absolute atomic E-state index is 0.0304. The number of benzene rings is 2. The van der Waals surface area contributed by atoms with E-state index in [1.54, 1.807) is 6.07 Å². The van der Waals surface area contributed by atoms with Gasteiger partial charge in [0, 0.05) is 18.3 Å².